The van der Waals surface area contributed by atoms with Gasteiger partial charge in [-0.3, -0.25) is 4.79 Å². The molecule has 4 nitrogen and oxygen atoms in total. The van der Waals surface area contributed by atoms with Gasteiger partial charge in [-0.25, -0.2) is 0 Å². The normalized spacial score (nSPS) is 12.2. The lowest BCUT2D eigenvalue weighted by molar-refractivity contribution is 0.0931. The van der Waals surface area contributed by atoms with Crippen molar-refractivity contribution in [3.63, 3.8) is 0 Å². The molecular formula is C18H17NO3. The van der Waals surface area contributed by atoms with Crippen molar-refractivity contribution in [2.45, 2.75) is 12.5 Å². The number of fused-ring (bicyclic) bond motifs is 1. The van der Waals surface area contributed by atoms with E-state index in [2.05, 4.69) is 5.32 Å². The van der Waals surface area contributed by atoms with Gasteiger partial charge in [-0.2, -0.15) is 0 Å². The van der Waals surface area contributed by atoms with E-state index in [1.807, 2.05) is 54.6 Å². The summed E-state index contributed by atoms with van der Waals surface area (Å²) in [6, 6.07) is 16.8. The number of aliphatic hydroxyl groups excluding tert-OH is 1. The quantitative estimate of drug-likeness (QED) is 0.759. The predicted molar refractivity (Wildman–Crippen MR) is 84.6 cm³/mol. The molecule has 0 fully saturated rings. The molecular weight excluding hydrogens is 278 g/mol. The summed E-state index contributed by atoms with van der Waals surface area (Å²) in [6.07, 6.45) is 1.94. The molecule has 0 saturated carbocycles. The van der Waals surface area contributed by atoms with Crippen LogP contribution in [0.3, 0.4) is 0 Å². The fourth-order valence-corrected chi connectivity index (χ4v) is 2.53. The average Bonchev–Trinajstić information content (AvgIpc) is 2.99. The van der Waals surface area contributed by atoms with Crippen LogP contribution in [0.15, 0.2) is 65.3 Å². The molecule has 0 aliphatic carbocycles. The molecule has 1 heterocycles. The van der Waals surface area contributed by atoms with Gasteiger partial charge in [0.25, 0.3) is 5.91 Å². The Balaban J connectivity index is 1.85. The van der Waals surface area contributed by atoms with E-state index in [1.165, 1.54) is 6.26 Å². The van der Waals surface area contributed by atoms with Crippen LogP contribution in [0.2, 0.25) is 0 Å². The number of rotatable bonds is 5. The Morgan fingerprint density at radius 1 is 1.09 bits per heavy atom. The average molecular weight is 295 g/mol. The van der Waals surface area contributed by atoms with Crippen LogP contribution in [0.25, 0.3) is 11.0 Å². The van der Waals surface area contributed by atoms with E-state index in [0.717, 1.165) is 10.9 Å². The minimum atomic E-state index is -0.229. The number of nitrogens with one attached hydrogen (secondary N) is 1. The van der Waals surface area contributed by atoms with Crippen LogP contribution >= 0.6 is 0 Å². The van der Waals surface area contributed by atoms with Gasteiger partial charge in [0.2, 0.25) is 0 Å². The second-order valence-corrected chi connectivity index (χ2v) is 5.09. The SMILES string of the molecule is O=C(NC(CCO)c1ccccc1)c1coc2ccccc12. The van der Waals surface area contributed by atoms with Crippen LogP contribution in [-0.2, 0) is 0 Å². The molecule has 0 aliphatic rings. The van der Waals surface area contributed by atoms with E-state index in [0.29, 0.717) is 17.6 Å². The highest BCUT2D eigenvalue weighted by molar-refractivity contribution is 6.06. The summed E-state index contributed by atoms with van der Waals surface area (Å²) in [7, 11) is 0. The van der Waals surface area contributed by atoms with Crippen molar-refractivity contribution >= 4 is 16.9 Å². The maximum absolute atomic E-state index is 12.5. The number of aliphatic hydroxyl groups is 1. The monoisotopic (exact) mass is 295 g/mol. The first-order valence-corrected chi connectivity index (χ1v) is 7.22. The fourth-order valence-electron chi connectivity index (χ4n) is 2.53. The van der Waals surface area contributed by atoms with Crippen molar-refractivity contribution < 1.29 is 14.3 Å². The maximum Gasteiger partial charge on any atom is 0.255 e. The maximum atomic E-state index is 12.5. The number of furan rings is 1. The molecule has 3 rings (SSSR count). The van der Waals surface area contributed by atoms with Gasteiger partial charge in [-0.1, -0.05) is 48.5 Å². The van der Waals surface area contributed by atoms with E-state index in [9.17, 15) is 9.90 Å². The summed E-state index contributed by atoms with van der Waals surface area (Å²) in [4.78, 5) is 12.5. The van der Waals surface area contributed by atoms with Crippen molar-refractivity contribution in [2.75, 3.05) is 6.61 Å². The minimum Gasteiger partial charge on any atom is -0.463 e. The van der Waals surface area contributed by atoms with Crippen LogP contribution in [0.5, 0.6) is 0 Å². The summed E-state index contributed by atoms with van der Waals surface area (Å²) in [5.41, 5.74) is 2.17. The van der Waals surface area contributed by atoms with Crippen LogP contribution in [0.1, 0.15) is 28.4 Å². The third-order valence-corrected chi connectivity index (χ3v) is 3.65. The number of amides is 1. The fraction of sp³-hybridized carbons (Fsp3) is 0.167. The van der Waals surface area contributed by atoms with Gasteiger partial charge in [0.1, 0.15) is 11.8 Å². The summed E-state index contributed by atoms with van der Waals surface area (Å²) in [5.74, 6) is -0.202. The van der Waals surface area contributed by atoms with Crippen molar-refractivity contribution in [3.8, 4) is 0 Å². The van der Waals surface area contributed by atoms with Crippen LogP contribution < -0.4 is 5.32 Å². The second kappa shape index (κ2) is 6.45. The van der Waals surface area contributed by atoms with Gasteiger partial charge in [0.15, 0.2) is 0 Å². The zero-order valence-corrected chi connectivity index (χ0v) is 12.0. The number of para-hydroxylation sites is 1. The Kier molecular flexibility index (Phi) is 4.21. The molecule has 4 heteroatoms. The molecule has 1 atom stereocenters. The number of carbonyl (C=O) groups is 1. The summed E-state index contributed by atoms with van der Waals surface area (Å²) in [6.45, 7) is 0.00593. The Morgan fingerprint density at radius 3 is 2.59 bits per heavy atom. The number of hydrogen-bond donors (Lipinski definition) is 2. The van der Waals surface area contributed by atoms with Gasteiger partial charge >= 0.3 is 0 Å². The summed E-state index contributed by atoms with van der Waals surface area (Å²) < 4.78 is 5.41. The Morgan fingerprint density at radius 2 is 1.82 bits per heavy atom. The van der Waals surface area contributed by atoms with Gasteiger partial charge in [0.05, 0.1) is 11.6 Å². The first-order chi connectivity index (χ1) is 10.8. The molecule has 1 unspecified atom stereocenters. The number of benzene rings is 2. The second-order valence-electron chi connectivity index (χ2n) is 5.09. The van der Waals surface area contributed by atoms with Gasteiger partial charge in [-0.05, 0) is 18.1 Å². The lowest BCUT2D eigenvalue weighted by atomic mass is 10.0. The van der Waals surface area contributed by atoms with Gasteiger partial charge in [-0.15, -0.1) is 0 Å². The molecule has 22 heavy (non-hydrogen) atoms. The van der Waals surface area contributed by atoms with Crippen molar-refractivity contribution in [2.24, 2.45) is 0 Å². The van der Waals surface area contributed by atoms with Crippen molar-refractivity contribution in [3.05, 3.63) is 72.0 Å². The lowest BCUT2D eigenvalue weighted by Crippen LogP contribution is -2.29. The standard InChI is InChI=1S/C18H17NO3/c20-11-10-16(13-6-2-1-3-7-13)19-18(21)15-12-22-17-9-5-4-8-14(15)17/h1-9,12,16,20H,10-11H2,(H,19,21). The van der Waals surface area contributed by atoms with E-state index in [4.69, 9.17) is 4.42 Å². The van der Waals surface area contributed by atoms with Gasteiger partial charge in [0, 0.05) is 12.0 Å². The molecule has 3 aromatic rings. The topological polar surface area (TPSA) is 62.5 Å². The summed E-state index contributed by atoms with van der Waals surface area (Å²) in [5, 5.41) is 13.0. The molecule has 1 aromatic heterocycles. The van der Waals surface area contributed by atoms with Crippen LogP contribution in [0, 0.1) is 0 Å². The van der Waals surface area contributed by atoms with E-state index < -0.39 is 0 Å². The Hall–Kier alpha value is -2.59. The molecule has 2 aromatic carbocycles. The predicted octanol–water partition coefficient (Wildman–Crippen LogP) is 3.29. The smallest absolute Gasteiger partial charge is 0.255 e. The molecule has 0 saturated heterocycles. The third-order valence-electron chi connectivity index (χ3n) is 3.65. The highest BCUT2D eigenvalue weighted by Crippen LogP contribution is 2.22. The highest BCUT2D eigenvalue weighted by Gasteiger charge is 2.18. The molecule has 0 radical (unpaired) electrons. The Bertz CT molecular complexity index is 764. The van der Waals surface area contributed by atoms with E-state index in [1.54, 1.807) is 0 Å². The van der Waals surface area contributed by atoms with Crippen molar-refractivity contribution in [1.29, 1.82) is 0 Å². The third kappa shape index (κ3) is 2.87. The molecule has 0 spiro atoms. The number of carbonyl (C=O) groups excluding carboxylic acids is 1. The number of hydrogen-bond acceptors (Lipinski definition) is 3. The van der Waals surface area contributed by atoms with Crippen molar-refractivity contribution in [1.82, 2.24) is 5.32 Å². The Labute approximate surface area is 128 Å². The van der Waals surface area contributed by atoms with E-state index in [-0.39, 0.29) is 18.6 Å². The lowest BCUT2D eigenvalue weighted by Gasteiger charge is -2.18. The van der Waals surface area contributed by atoms with Crippen LogP contribution in [0.4, 0.5) is 0 Å². The van der Waals surface area contributed by atoms with Gasteiger partial charge < -0.3 is 14.8 Å². The summed E-state index contributed by atoms with van der Waals surface area (Å²) >= 11 is 0. The first-order valence-electron chi connectivity index (χ1n) is 7.22. The first kappa shape index (κ1) is 14.4. The molecule has 0 aliphatic heterocycles. The zero-order chi connectivity index (χ0) is 15.4. The van der Waals surface area contributed by atoms with E-state index >= 15 is 0 Å². The molecule has 2 N–H and O–H groups in total. The molecule has 1 amide bonds. The minimum absolute atomic E-state index is 0.00593. The zero-order valence-electron chi connectivity index (χ0n) is 12.0. The molecule has 112 valence electrons. The largest absolute Gasteiger partial charge is 0.463 e. The van der Waals surface area contributed by atoms with Crippen LogP contribution in [-0.4, -0.2) is 17.6 Å². The molecule has 0 bridgehead atoms. The highest BCUT2D eigenvalue weighted by atomic mass is 16.3.